The van der Waals surface area contributed by atoms with Gasteiger partial charge in [0.2, 0.25) is 0 Å². The predicted molar refractivity (Wildman–Crippen MR) is 93.4 cm³/mol. The van der Waals surface area contributed by atoms with Gasteiger partial charge in [-0.2, -0.15) is 0 Å². The highest BCUT2D eigenvalue weighted by atomic mass is 35.5. The minimum Gasteiger partial charge on any atom is -0.352 e. The van der Waals surface area contributed by atoms with Crippen molar-refractivity contribution in [3.05, 3.63) is 27.7 Å². The van der Waals surface area contributed by atoms with E-state index in [1.807, 2.05) is 6.26 Å². The van der Waals surface area contributed by atoms with Gasteiger partial charge < -0.3 is 10.6 Å². The average molecular weight is 370 g/mol. The molecule has 1 aromatic rings. The first kappa shape index (κ1) is 18.9. The fourth-order valence-electron chi connectivity index (χ4n) is 2.31. The largest absolute Gasteiger partial charge is 0.352 e. The van der Waals surface area contributed by atoms with Crippen LogP contribution in [0, 0.1) is 5.92 Å². The maximum atomic E-state index is 12.2. The number of carbonyl (C=O) groups is 1. The van der Waals surface area contributed by atoms with Crippen LogP contribution in [0.1, 0.15) is 23.2 Å². The zero-order valence-corrected chi connectivity index (χ0v) is 14.9. The lowest BCUT2D eigenvalue weighted by Crippen LogP contribution is -2.26. The smallest absolute Gasteiger partial charge is 0.252 e. The Morgan fingerprint density at radius 2 is 2.19 bits per heavy atom. The molecule has 1 heterocycles. The molecule has 1 aliphatic rings. The first-order valence-corrected chi connectivity index (χ1v) is 8.62. The Labute approximate surface area is 145 Å². The molecule has 1 amide bonds. The van der Waals surface area contributed by atoms with E-state index in [1.165, 1.54) is 18.2 Å². The molecule has 0 radical (unpaired) electrons. The van der Waals surface area contributed by atoms with E-state index < -0.39 is 0 Å². The Kier molecular flexibility index (Phi) is 8.21. The van der Waals surface area contributed by atoms with Gasteiger partial charge in [-0.3, -0.25) is 4.79 Å². The summed E-state index contributed by atoms with van der Waals surface area (Å²) >= 11 is 13.6. The average Bonchev–Trinajstić information content (AvgIpc) is 2.92. The maximum Gasteiger partial charge on any atom is 0.252 e. The molecule has 1 fully saturated rings. The van der Waals surface area contributed by atoms with Gasteiger partial charge in [-0.15, -0.1) is 24.2 Å². The summed E-state index contributed by atoms with van der Waals surface area (Å²) in [5.74, 6) is 0.533. The lowest BCUT2D eigenvalue weighted by Gasteiger charge is -2.11. The van der Waals surface area contributed by atoms with Gasteiger partial charge in [0.1, 0.15) is 0 Å². The van der Waals surface area contributed by atoms with Crippen molar-refractivity contribution in [2.75, 3.05) is 25.9 Å². The summed E-state index contributed by atoms with van der Waals surface area (Å²) in [6.45, 7) is 2.81. The third-order valence-corrected chi connectivity index (χ3v) is 5.00. The van der Waals surface area contributed by atoms with E-state index in [2.05, 4.69) is 10.6 Å². The van der Waals surface area contributed by atoms with Crippen LogP contribution in [0.15, 0.2) is 17.0 Å². The molecule has 1 saturated heterocycles. The summed E-state index contributed by atoms with van der Waals surface area (Å²) in [5, 5.41) is 7.23. The number of carbonyl (C=O) groups excluding carboxylic acids is 1. The Hall–Kier alpha value is -0.130. The van der Waals surface area contributed by atoms with E-state index in [0.29, 0.717) is 28.1 Å². The van der Waals surface area contributed by atoms with Crippen molar-refractivity contribution in [2.24, 2.45) is 5.92 Å². The minimum absolute atomic E-state index is 0. The topological polar surface area (TPSA) is 41.1 Å². The first-order chi connectivity index (χ1) is 9.61. The van der Waals surface area contributed by atoms with Crippen LogP contribution in [0.3, 0.4) is 0 Å². The Balaban J connectivity index is 0.00000220. The Bertz CT molecular complexity index is 493. The quantitative estimate of drug-likeness (QED) is 0.774. The highest BCUT2D eigenvalue weighted by molar-refractivity contribution is 7.98. The molecule has 3 nitrogen and oxygen atoms in total. The summed E-state index contributed by atoms with van der Waals surface area (Å²) in [6, 6.07) is 3.38. The van der Waals surface area contributed by atoms with Gasteiger partial charge in [-0.05, 0) is 50.2 Å². The molecule has 0 aromatic heterocycles. The SMILES string of the molecule is CSc1cc(C(=O)NCCC2CCNC2)c(Cl)cc1Cl.Cl. The second kappa shape index (κ2) is 9.11. The van der Waals surface area contributed by atoms with Crippen molar-refractivity contribution in [3.63, 3.8) is 0 Å². The van der Waals surface area contributed by atoms with Crippen molar-refractivity contribution in [3.8, 4) is 0 Å². The Morgan fingerprint density at radius 3 is 2.81 bits per heavy atom. The van der Waals surface area contributed by atoms with Crippen molar-refractivity contribution >= 4 is 53.3 Å². The van der Waals surface area contributed by atoms with E-state index in [4.69, 9.17) is 23.2 Å². The van der Waals surface area contributed by atoms with Gasteiger partial charge >= 0.3 is 0 Å². The molecule has 21 heavy (non-hydrogen) atoms. The second-order valence-electron chi connectivity index (χ2n) is 4.87. The van der Waals surface area contributed by atoms with Gasteiger partial charge in [0.05, 0.1) is 15.6 Å². The van der Waals surface area contributed by atoms with Crippen LogP contribution in [0.2, 0.25) is 10.0 Å². The number of amides is 1. The summed E-state index contributed by atoms with van der Waals surface area (Å²) in [5.41, 5.74) is 0.491. The molecule has 2 rings (SSSR count). The van der Waals surface area contributed by atoms with Crippen LogP contribution in [0.4, 0.5) is 0 Å². The monoisotopic (exact) mass is 368 g/mol. The van der Waals surface area contributed by atoms with Gasteiger partial charge in [0.15, 0.2) is 0 Å². The van der Waals surface area contributed by atoms with Gasteiger partial charge in [0.25, 0.3) is 5.91 Å². The Morgan fingerprint density at radius 1 is 1.43 bits per heavy atom. The molecule has 1 aromatic carbocycles. The number of thioether (sulfide) groups is 1. The number of nitrogens with one attached hydrogen (secondary N) is 2. The van der Waals surface area contributed by atoms with Gasteiger partial charge in [-0.25, -0.2) is 0 Å². The highest BCUT2D eigenvalue weighted by Crippen LogP contribution is 2.31. The molecule has 0 bridgehead atoms. The molecule has 2 N–H and O–H groups in total. The van der Waals surface area contributed by atoms with Crippen molar-refractivity contribution in [2.45, 2.75) is 17.7 Å². The zero-order valence-electron chi connectivity index (χ0n) is 11.7. The van der Waals surface area contributed by atoms with Crippen LogP contribution in [0.25, 0.3) is 0 Å². The first-order valence-electron chi connectivity index (χ1n) is 6.63. The molecular weight excluding hydrogens is 351 g/mol. The third-order valence-electron chi connectivity index (χ3n) is 3.49. The van der Waals surface area contributed by atoms with E-state index in [-0.39, 0.29) is 18.3 Å². The third kappa shape index (κ3) is 5.22. The predicted octanol–water partition coefficient (Wildman–Crippen LogP) is 3.87. The van der Waals surface area contributed by atoms with Crippen molar-refractivity contribution in [1.82, 2.24) is 10.6 Å². The fourth-order valence-corrected chi connectivity index (χ4v) is 3.50. The molecule has 0 spiro atoms. The van der Waals surface area contributed by atoms with Crippen molar-refractivity contribution in [1.29, 1.82) is 0 Å². The number of hydrogen-bond acceptors (Lipinski definition) is 3. The molecule has 1 atom stereocenters. The summed E-state index contributed by atoms with van der Waals surface area (Å²) in [6.07, 6.45) is 4.11. The molecule has 1 unspecified atom stereocenters. The van der Waals surface area contributed by atoms with E-state index in [0.717, 1.165) is 24.4 Å². The minimum atomic E-state index is -0.132. The molecular formula is C14H19Cl3N2OS. The molecule has 1 aliphatic heterocycles. The highest BCUT2D eigenvalue weighted by Gasteiger charge is 2.16. The summed E-state index contributed by atoms with van der Waals surface area (Å²) in [4.78, 5) is 13.0. The van der Waals surface area contributed by atoms with Crippen molar-refractivity contribution < 1.29 is 4.79 Å². The van der Waals surface area contributed by atoms with Crippen LogP contribution >= 0.6 is 47.4 Å². The number of benzene rings is 1. The maximum absolute atomic E-state index is 12.2. The zero-order chi connectivity index (χ0) is 14.5. The number of halogens is 3. The lowest BCUT2D eigenvalue weighted by molar-refractivity contribution is 0.0951. The van der Waals surface area contributed by atoms with E-state index >= 15 is 0 Å². The van der Waals surface area contributed by atoms with E-state index in [1.54, 1.807) is 12.1 Å². The number of hydrogen-bond donors (Lipinski definition) is 2. The molecule has 118 valence electrons. The van der Waals surface area contributed by atoms with Crippen LogP contribution in [-0.4, -0.2) is 31.8 Å². The van der Waals surface area contributed by atoms with Crippen LogP contribution < -0.4 is 10.6 Å². The second-order valence-corrected chi connectivity index (χ2v) is 6.53. The van der Waals surface area contributed by atoms with Crippen LogP contribution in [-0.2, 0) is 0 Å². The standard InChI is InChI=1S/C14H18Cl2N2OS.ClH/c1-20-13-6-10(11(15)7-12(13)16)14(19)18-5-3-9-2-4-17-8-9;/h6-7,9,17H,2-5,8H2,1H3,(H,18,19);1H. The van der Waals surface area contributed by atoms with E-state index in [9.17, 15) is 4.79 Å². The fraction of sp³-hybridized carbons (Fsp3) is 0.500. The summed E-state index contributed by atoms with van der Waals surface area (Å²) < 4.78 is 0. The normalized spacial score (nSPS) is 17.4. The number of rotatable bonds is 5. The lowest BCUT2D eigenvalue weighted by atomic mass is 10.1. The van der Waals surface area contributed by atoms with Gasteiger partial charge in [0, 0.05) is 11.4 Å². The molecule has 0 aliphatic carbocycles. The van der Waals surface area contributed by atoms with Crippen LogP contribution in [0.5, 0.6) is 0 Å². The summed E-state index contributed by atoms with van der Waals surface area (Å²) in [7, 11) is 0. The molecule has 7 heteroatoms. The molecule has 0 saturated carbocycles. The van der Waals surface area contributed by atoms with Gasteiger partial charge in [-0.1, -0.05) is 23.2 Å².